The lowest BCUT2D eigenvalue weighted by Gasteiger charge is -2.74. The van der Waals surface area contributed by atoms with Gasteiger partial charge in [-0.1, -0.05) is 0 Å². The van der Waals surface area contributed by atoms with E-state index in [1.165, 1.54) is 12.4 Å². The van der Waals surface area contributed by atoms with E-state index in [0.717, 1.165) is 23.1 Å². The zero-order valence-electron chi connectivity index (χ0n) is 18.2. The molecule has 0 spiro atoms. The third-order valence-corrected chi connectivity index (χ3v) is 6.98. The summed E-state index contributed by atoms with van der Waals surface area (Å²) in [6, 6.07) is 1.42. The van der Waals surface area contributed by atoms with Crippen molar-refractivity contribution in [2.24, 2.45) is 5.41 Å². The van der Waals surface area contributed by atoms with Gasteiger partial charge in [0.1, 0.15) is 18.0 Å². The highest BCUT2D eigenvalue weighted by atomic mass is 19.4. The van der Waals surface area contributed by atoms with Gasteiger partial charge in [-0.25, -0.2) is 32.2 Å². The van der Waals surface area contributed by atoms with Crippen molar-refractivity contribution in [2.45, 2.75) is 48.9 Å². The Hall–Kier alpha value is -3.36. The topological polar surface area (TPSA) is 98.8 Å². The largest absolute Gasteiger partial charge is 0.454 e. The number of rotatable bonds is 8. The third kappa shape index (κ3) is 3.67. The number of aromatic nitrogens is 6. The Labute approximate surface area is 198 Å². The molecule has 0 unspecified atom stereocenters. The molecule has 2 heterocycles. The van der Waals surface area contributed by atoms with Crippen LogP contribution in [0.2, 0.25) is 0 Å². The minimum Gasteiger partial charge on any atom is -0.454 e. The van der Waals surface area contributed by atoms with Crippen molar-refractivity contribution in [2.75, 3.05) is 6.61 Å². The van der Waals surface area contributed by atoms with Crippen LogP contribution in [0.5, 0.6) is 6.01 Å². The normalized spacial score (nSPS) is 25.0. The van der Waals surface area contributed by atoms with Crippen LogP contribution in [0.4, 0.5) is 30.7 Å². The zero-order valence-corrected chi connectivity index (χ0v) is 18.2. The Balaban J connectivity index is 1.39. The van der Waals surface area contributed by atoms with Crippen LogP contribution in [-0.2, 0) is 17.6 Å². The van der Waals surface area contributed by atoms with Crippen LogP contribution >= 0.6 is 0 Å². The van der Waals surface area contributed by atoms with Crippen molar-refractivity contribution >= 4 is 0 Å². The third-order valence-electron chi connectivity index (χ3n) is 6.98. The summed E-state index contributed by atoms with van der Waals surface area (Å²) in [6.45, 7) is -2.48. The molecule has 3 aliphatic rings. The summed E-state index contributed by atoms with van der Waals surface area (Å²) < 4.78 is 103. The Morgan fingerprint density at radius 2 is 1.69 bits per heavy atom. The van der Waals surface area contributed by atoms with E-state index in [4.69, 9.17) is 0 Å². The van der Waals surface area contributed by atoms with Gasteiger partial charge in [-0.2, -0.15) is 13.2 Å². The van der Waals surface area contributed by atoms with E-state index in [2.05, 4.69) is 30.2 Å². The molecule has 0 saturated heterocycles. The van der Waals surface area contributed by atoms with Crippen molar-refractivity contribution in [1.82, 2.24) is 30.2 Å². The first-order valence-electron chi connectivity index (χ1n) is 10.6. The predicted molar refractivity (Wildman–Crippen MR) is 105 cm³/mol. The summed E-state index contributed by atoms with van der Waals surface area (Å²) in [4.78, 5) is 7.45. The quantitative estimate of drug-likeness (QED) is 0.457. The van der Waals surface area contributed by atoms with Crippen LogP contribution < -0.4 is 4.74 Å². The Bertz CT molecular complexity index is 1250. The molecule has 0 aliphatic heterocycles. The van der Waals surface area contributed by atoms with Gasteiger partial charge in [-0.15, -0.1) is 5.10 Å². The lowest BCUT2D eigenvalue weighted by atomic mass is 9.31. The molecule has 3 aliphatic carbocycles. The zero-order chi connectivity index (χ0) is 26.0. The van der Waals surface area contributed by atoms with E-state index in [-0.39, 0.29) is 19.3 Å². The maximum atomic E-state index is 16.1. The Morgan fingerprint density at radius 3 is 2.25 bits per heavy atom. The number of halogens is 7. The molecule has 8 nitrogen and oxygen atoms in total. The SMILES string of the molecule is O[C@](Cn1cnnn1)(c1ccc(F)cc1F)C(F)(F)C12CC(c3cnc(OCC(F)(F)F)nc3)(C1)C2. The number of alkyl halides is 5. The number of ether oxygens (including phenoxy) is 1. The van der Waals surface area contributed by atoms with Crippen molar-refractivity contribution in [1.29, 1.82) is 0 Å². The van der Waals surface area contributed by atoms with E-state index >= 15 is 8.78 Å². The lowest BCUT2D eigenvalue weighted by Crippen LogP contribution is -2.76. The van der Waals surface area contributed by atoms with Gasteiger partial charge in [0.15, 0.2) is 12.2 Å². The van der Waals surface area contributed by atoms with E-state index in [1.807, 2.05) is 0 Å². The second-order valence-electron chi connectivity index (χ2n) is 9.32. The van der Waals surface area contributed by atoms with Crippen LogP contribution in [0.1, 0.15) is 30.4 Å². The van der Waals surface area contributed by atoms with Crippen LogP contribution in [0.25, 0.3) is 0 Å². The summed E-state index contributed by atoms with van der Waals surface area (Å²) >= 11 is 0. The molecule has 2 aromatic heterocycles. The molecule has 0 radical (unpaired) electrons. The van der Waals surface area contributed by atoms with Gasteiger partial charge in [-0.3, -0.25) is 0 Å². The highest BCUT2D eigenvalue weighted by Crippen LogP contribution is 2.80. The van der Waals surface area contributed by atoms with Crippen molar-refractivity contribution in [3.05, 3.63) is 59.7 Å². The minimum atomic E-state index is -4.57. The Morgan fingerprint density at radius 1 is 1.03 bits per heavy atom. The molecule has 2 bridgehead atoms. The summed E-state index contributed by atoms with van der Waals surface area (Å²) in [5.41, 5.74) is -6.02. The molecule has 36 heavy (non-hydrogen) atoms. The predicted octanol–water partition coefficient (Wildman–Crippen LogP) is 3.33. The minimum absolute atomic E-state index is 0.125. The molecule has 3 saturated carbocycles. The fraction of sp³-hybridized carbons (Fsp3) is 0.476. The van der Waals surface area contributed by atoms with Crippen LogP contribution in [0.3, 0.4) is 0 Å². The molecular formula is C21H17F7N6O2. The van der Waals surface area contributed by atoms with Crippen molar-refractivity contribution < 1.29 is 40.6 Å². The van der Waals surface area contributed by atoms with Gasteiger partial charge in [0, 0.05) is 34.9 Å². The molecule has 3 aromatic rings. The van der Waals surface area contributed by atoms with Crippen molar-refractivity contribution in [3.8, 4) is 6.01 Å². The van der Waals surface area contributed by atoms with Gasteiger partial charge in [0.2, 0.25) is 0 Å². The lowest BCUT2D eigenvalue weighted by molar-refractivity contribution is -0.347. The molecular weight excluding hydrogens is 501 g/mol. The molecule has 0 amide bonds. The first kappa shape index (κ1) is 24.3. The highest BCUT2D eigenvalue weighted by Gasteiger charge is 2.82. The number of hydrogen-bond acceptors (Lipinski definition) is 7. The average molecular weight is 518 g/mol. The number of tetrazole rings is 1. The monoisotopic (exact) mass is 518 g/mol. The second kappa shape index (κ2) is 7.82. The van der Waals surface area contributed by atoms with Gasteiger partial charge in [0.25, 0.3) is 5.92 Å². The van der Waals surface area contributed by atoms with E-state index in [9.17, 15) is 27.1 Å². The summed E-state index contributed by atoms with van der Waals surface area (Å²) in [5, 5.41) is 21.5. The van der Waals surface area contributed by atoms with Crippen molar-refractivity contribution in [3.63, 3.8) is 0 Å². The highest BCUT2D eigenvalue weighted by molar-refractivity contribution is 5.41. The molecule has 6 rings (SSSR count). The van der Waals surface area contributed by atoms with Gasteiger partial charge in [-0.05, 0) is 47.4 Å². The van der Waals surface area contributed by atoms with Gasteiger partial charge in [0.05, 0.1) is 6.54 Å². The van der Waals surface area contributed by atoms with E-state index < -0.39 is 64.9 Å². The standard InChI is InChI=1S/C21H17F7N6O2/c22-13-1-2-14(15(23)3-13)19(35,9-34-11-31-32-33-34)21(27,28)18-6-17(7-18,8-18)12-4-29-16(30-5-12)36-10-20(24,25)26/h1-5,11,35H,6-10H2/t17?,18?,19-/m1/s1. The number of nitrogens with zero attached hydrogens (tertiary/aromatic N) is 6. The fourth-order valence-electron chi connectivity index (χ4n) is 5.34. The molecule has 192 valence electrons. The van der Waals surface area contributed by atoms with Gasteiger partial charge < -0.3 is 9.84 Å². The molecule has 3 fully saturated rings. The maximum Gasteiger partial charge on any atom is 0.422 e. The molecule has 15 heteroatoms. The average Bonchev–Trinajstić information content (AvgIpc) is 3.23. The van der Waals surface area contributed by atoms with E-state index in [0.29, 0.717) is 11.6 Å². The summed E-state index contributed by atoms with van der Waals surface area (Å²) in [5.74, 6) is -6.27. The number of hydrogen-bond donors (Lipinski definition) is 1. The molecule has 1 aromatic carbocycles. The maximum absolute atomic E-state index is 16.1. The molecule has 1 N–H and O–H groups in total. The Kier molecular flexibility index (Phi) is 5.29. The number of aliphatic hydroxyl groups is 1. The summed E-state index contributed by atoms with van der Waals surface area (Å²) in [6.07, 6.45) is -1.54. The van der Waals surface area contributed by atoms with Crippen LogP contribution in [0, 0.1) is 17.0 Å². The fourth-order valence-corrected chi connectivity index (χ4v) is 5.34. The first-order chi connectivity index (χ1) is 16.8. The van der Waals surface area contributed by atoms with Gasteiger partial charge >= 0.3 is 12.2 Å². The molecule has 1 atom stereocenters. The number of benzene rings is 1. The van der Waals surface area contributed by atoms with E-state index in [1.54, 1.807) is 0 Å². The smallest absolute Gasteiger partial charge is 0.422 e. The summed E-state index contributed by atoms with van der Waals surface area (Å²) in [7, 11) is 0. The van der Waals surface area contributed by atoms with Crippen LogP contribution in [-0.4, -0.2) is 54.0 Å². The second-order valence-corrected chi connectivity index (χ2v) is 9.32. The van der Waals surface area contributed by atoms with Crippen LogP contribution in [0.15, 0.2) is 36.9 Å². The first-order valence-corrected chi connectivity index (χ1v) is 10.6.